The maximum absolute atomic E-state index is 11.1. The summed E-state index contributed by atoms with van der Waals surface area (Å²) in [5, 5.41) is 14.7. The molecular formula is C19H18N2O3. The molecule has 5 heteroatoms. The van der Waals surface area contributed by atoms with Gasteiger partial charge >= 0.3 is 0 Å². The second kappa shape index (κ2) is 5.67. The summed E-state index contributed by atoms with van der Waals surface area (Å²) in [7, 11) is 1.66. The quantitative estimate of drug-likeness (QED) is 0.516. The van der Waals surface area contributed by atoms with E-state index in [0.717, 1.165) is 23.4 Å². The zero-order valence-corrected chi connectivity index (χ0v) is 13.3. The normalized spacial score (nSPS) is 24.0. The fraction of sp³-hybridized carbons (Fsp3) is 0.263. The van der Waals surface area contributed by atoms with E-state index in [0.29, 0.717) is 11.8 Å². The van der Waals surface area contributed by atoms with Gasteiger partial charge in [-0.2, -0.15) is 0 Å². The number of allylic oxidation sites excluding steroid dienone is 2. The monoisotopic (exact) mass is 322 g/mol. The minimum Gasteiger partial charge on any atom is -0.495 e. The van der Waals surface area contributed by atoms with Gasteiger partial charge in [-0.1, -0.05) is 36.4 Å². The number of hydrogen-bond acceptors (Lipinski definition) is 4. The van der Waals surface area contributed by atoms with Crippen molar-refractivity contribution in [1.82, 2.24) is 0 Å². The number of non-ortho nitro benzene ring substituents is 1. The summed E-state index contributed by atoms with van der Waals surface area (Å²) in [6, 6.07) is 13.0. The van der Waals surface area contributed by atoms with Gasteiger partial charge in [0, 0.05) is 18.1 Å². The molecule has 0 saturated carbocycles. The summed E-state index contributed by atoms with van der Waals surface area (Å²) in [5.74, 6) is 1.47. The average molecular weight is 322 g/mol. The summed E-state index contributed by atoms with van der Waals surface area (Å²) in [6.07, 6.45) is 5.41. The molecule has 0 amide bonds. The number of nitro benzene ring substituents is 1. The Labute approximate surface area is 140 Å². The molecule has 1 N–H and O–H groups in total. The molecule has 0 fully saturated rings. The Kier molecular flexibility index (Phi) is 3.49. The highest BCUT2D eigenvalue weighted by Crippen LogP contribution is 2.52. The highest BCUT2D eigenvalue weighted by Gasteiger charge is 2.39. The van der Waals surface area contributed by atoms with Crippen LogP contribution < -0.4 is 10.1 Å². The summed E-state index contributed by atoms with van der Waals surface area (Å²) < 4.78 is 5.51. The maximum atomic E-state index is 11.1. The topological polar surface area (TPSA) is 64.4 Å². The number of rotatable bonds is 3. The van der Waals surface area contributed by atoms with Gasteiger partial charge < -0.3 is 10.1 Å². The largest absolute Gasteiger partial charge is 0.495 e. The van der Waals surface area contributed by atoms with Crippen LogP contribution in [0.1, 0.15) is 29.5 Å². The van der Waals surface area contributed by atoms with Gasteiger partial charge in [0.2, 0.25) is 0 Å². The number of anilines is 1. The third kappa shape index (κ3) is 2.24. The zero-order valence-electron chi connectivity index (χ0n) is 13.3. The SMILES string of the molecule is COc1cccc2c1N[C@@H](c1cccc([N+](=O)[O-])c1)[C@H]1CC=C[C@H]21. The van der Waals surface area contributed by atoms with Crippen LogP contribution in [0.3, 0.4) is 0 Å². The highest BCUT2D eigenvalue weighted by atomic mass is 16.6. The van der Waals surface area contributed by atoms with E-state index in [1.54, 1.807) is 19.2 Å². The number of benzene rings is 2. The summed E-state index contributed by atoms with van der Waals surface area (Å²) in [5.41, 5.74) is 3.29. The van der Waals surface area contributed by atoms with Crippen LogP contribution in [0.15, 0.2) is 54.6 Å². The Bertz CT molecular complexity index is 831. The number of methoxy groups -OCH3 is 1. The van der Waals surface area contributed by atoms with Crippen LogP contribution >= 0.6 is 0 Å². The fourth-order valence-electron chi connectivity index (χ4n) is 3.92. The first-order chi connectivity index (χ1) is 11.7. The minimum absolute atomic E-state index is 0.0219. The molecule has 2 aromatic rings. The molecule has 0 radical (unpaired) electrons. The van der Waals surface area contributed by atoms with Crippen LogP contribution in [0.4, 0.5) is 11.4 Å². The summed E-state index contributed by atoms with van der Waals surface area (Å²) in [4.78, 5) is 10.8. The second-order valence-electron chi connectivity index (χ2n) is 6.25. The first kappa shape index (κ1) is 14.8. The predicted octanol–water partition coefficient (Wildman–Crippen LogP) is 4.43. The molecule has 2 aliphatic rings. The molecule has 24 heavy (non-hydrogen) atoms. The lowest BCUT2D eigenvalue weighted by Gasteiger charge is -2.38. The number of para-hydroxylation sites is 1. The van der Waals surface area contributed by atoms with Crippen molar-refractivity contribution in [3.8, 4) is 5.75 Å². The average Bonchev–Trinajstić information content (AvgIpc) is 3.10. The molecule has 2 aromatic carbocycles. The van der Waals surface area contributed by atoms with Crippen LogP contribution in [0, 0.1) is 16.0 Å². The van der Waals surface area contributed by atoms with Gasteiger partial charge in [0.05, 0.1) is 23.8 Å². The molecule has 0 saturated heterocycles. The Morgan fingerprint density at radius 2 is 2.08 bits per heavy atom. The second-order valence-corrected chi connectivity index (χ2v) is 6.25. The lowest BCUT2D eigenvalue weighted by Crippen LogP contribution is -2.29. The van der Waals surface area contributed by atoms with Crippen molar-refractivity contribution in [2.45, 2.75) is 18.4 Å². The molecule has 1 heterocycles. The van der Waals surface area contributed by atoms with Gasteiger partial charge in [-0.25, -0.2) is 0 Å². The highest BCUT2D eigenvalue weighted by molar-refractivity contribution is 5.67. The number of nitrogens with one attached hydrogen (secondary N) is 1. The third-order valence-corrected chi connectivity index (χ3v) is 5.02. The van der Waals surface area contributed by atoms with E-state index < -0.39 is 0 Å². The van der Waals surface area contributed by atoms with Crippen molar-refractivity contribution in [1.29, 1.82) is 0 Å². The lowest BCUT2D eigenvalue weighted by molar-refractivity contribution is -0.384. The number of nitrogens with zero attached hydrogens (tertiary/aromatic N) is 1. The van der Waals surface area contributed by atoms with E-state index in [4.69, 9.17) is 4.74 Å². The van der Waals surface area contributed by atoms with Crippen molar-refractivity contribution in [2.75, 3.05) is 12.4 Å². The van der Waals surface area contributed by atoms with Gasteiger partial charge in [-0.15, -0.1) is 0 Å². The third-order valence-electron chi connectivity index (χ3n) is 5.02. The molecule has 0 aromatic heterocycles. The number of nitro groups is 1. The Balaban J connectivity index is 1.80. The molecule has 0 unspecified atom stereocenters. The van der Waals surface area contributed by atoms with E-state index in [-0.39, 0.29) is 16.7 Å². The van der Waals surface area contributed by atoms with Gasteiger partial charge in [0.1, 0.15) is 5.75 Å². The number of hydrogen-bond donors (Lipinski definition) is 1. The molecule has 0 spiro atoms. The van der Waals surface area contributed by atoms with Crippen molar-refractivity contribution in [2.24, 2.45) is 5.92 Å². The van der Waals surface area contributed by atoms with Crippen LogP contribution in [-0.2, 0) is 0 Å². The molecule has 0 bridgehead atoms. The van der Waals surface area contributed by atoms with E-state index in [1.165, 1.54) is 11.6 Å². The lowest BCUT2D eigenvalue weighted by atomic mass is 9.77. The Hall–Kier alpha value is -2.82. The standard InChI is InChI=1S/C19H18N2O3/c1-24-17-10-4-9-16-14-7-3-8-15(14)18(20-19(16)17)12-5-2-6-13(11-12)21(22)23/h2-7,9-11,14-15,18,20H,8H2,1H3/t14-,15-,18-/m0/s1. The smallest absolute Gasteiger partial charge is 0.269 e. The molecule has 1 aliphatic heterocycles. The van der Waals surface area contributed by atoms with Crippen LogP contribution in [0.2, 0.25) is 0 Å². The minimum atomic E-state index is -0.342. The van der Waals surface area contributed by atoms with E-state index in [9.17, 15) is 10.1 Å². The molecule has 122 valence electrons. The fourth-order valence-corrected chi connectivity index (χ4v) is 3.92. The first-order valence-corrected chi connectivity index (χ1v) is 8.03. The number of ether oxygens (including phenoxy) is 1. The van der Waals surface area contributed by atoms with Gasteiger partial charge in [0.15, 0.2) is 0 Å². The molecule has 4 rings (SSSR count). The van der Waals surface area contributed by atoms with Crippen LogP contribution in [0.25, 0.3) is 0 Å². The first-order valence-electron chi connectivity index (χ1n) is 8.03. The van der Waals surface area contributed by atoms with Gasteiger partial charge in [-0.3, -0.25) is 10.1 Å². The number of fused-ring (bicyclic) bond motifs is 3. The predicted molar refractivity (Wildman–Crippen MR) is 92.4 cm³/mol. The summed E-state index contributed by atoms with van der Waals surface area (Å²) in [6.45, 7) is 0. The van der Waals surface area contributed by atoms with Crippen molar-refractivity contribution in [3.05, 3.63) is 75.9 Å². The molecule has 1 aliphatic carbocycles. The molecule has 5 nitrogen and oxygen atoms in total. The molecule has 3 atom stereocenters. The molecular weight excluding hydrogens is 304 g/mol. The van der Waals surface area contributed by atoms with Crippen molar-refractivity contribution >= 4 is 11.4 Å². The van der Waals surface area contributed by atoms with Crippen molar-refractivity contribution in [3.63, 3.8) is 0 Å². The van der Waals surface area contributed by atoms with Gasteiger partial charge in [-0.05, 0) is 29.5 Å². The maximum Gasteiger partial charge on any atom is 0.269 e. The van der Waals surface area contributed by atoms with Gasteiger partial charge in [0.25, 0.3) is 5.69 Å². The van der Waals surface area contributed by atoms with Crippen LogP contribution in [-0.4, -0.2) is 12.0 Å². The Morgan fingerprint density at radius 3 is 2.88 bits per heavy atom. The zero-order chi connectivity index (χ0) is 16.7. The van der Waals surface area contributed by atoms with E-state index >= 15 is 0 Å². The summed E-state index contributed by atoms with van der Waals surface area (Å²) >= 11 is 0. The van der Waals surface area contributed by atoms with E-state index in [2.05, 4.69) is 23.5 Å². The van der Waals surface area contributed by atoms with Crippen molar-refractivity contribution < 1.29 is 9.66 Å². The van der Waals surface area contributed by atoms with Crippen LogP contribution in [0.5, 0.6) is 5.75 Å². The Morgan fingerprint density at radius 1 is 1.25 bits per heavy atom. The van der Waals surface area contributed by atoms with E-state index in [1.807, 2.05) is 18.2 Å².